The normalized spacial score (nSPS) is 10.7. The van der Waals surface area contributed by atoms with Gasteiger partial charge >= 0.3 is 6.09 Å². The number of ether oxygens (including phenoxy) is 1. The second kappa shape index (κ2) is 7.64. The van der Waals surface area contributed by atoms with Gasteiger partial charge < -0.3 is 15.0 Å². The zero-order chi connectivity index (χ0) is 17.7. The number of nitrogens with one attached hydrogen (secondary N) is 1. The molecule has 1 N–H and O–H groups in total. The van der Waals surface area contributed by atoms with Crippen molar-refractivity contribution in [3.8, 4) is 5.75 Å². The van der Waals surface area contributed by atoms with Crippen LogP contribution in [0.25, 0.3) is 0 Å². The quantitative estimate of drug-likeness (QED) is 0.869. The van der Waals surface area contributed by atoms with Gasteiger partial charge in [0, 0.05) is 33.0 Å². The molecule has 1 amide bonds. The summed E-state index contributed by atoms with van der Waals surface area (Å²) in [6.07, 6.45) is 1.36. The summed E-state index contributed by atoms with van der Waals surface area (Å²) >= 11 is 0. The fourth-order valence-electron chi connectivity index (χ4n) is 2.33. The van der Waals surface area contributed by atoms with Crippen molar-refractivity contribution < 1.29 is 9.53 Å². The molecule has 2 aromatic rings. The van der Waals surface area contributed by atoms with Crippen LogP contribution >= 0.6 is 0 Å². The zero-order valence-corrected chi connectivity index (χ0v) is 14.8. The number of anilines is 1. The molecule has 24 heavy (non-hydrogen) atoms. The van der Waals surface area contributed by atoms with E-state index < -0.39 is 6.09 Å². The van der Waals surface area contributed by atoms with Gasteiger partial charge in [-0.1, -0.05) is 12.1 Å². The lowest BCUT2D eigenvalue weighted by molar-refractivity contribution is 0.203. The standard InChI is InChI=1S/C19H23N3O2/c1-13-10-17(24-19(23)20-3)11-14(2)18(13)21-12-15-6-8-16(9-7-15)22(4)5/h6-12H,1-5H3,(H,20,23)/b21-12+. The monoisotopic (exact) mass is 325 g/mol. The Bertz CT molecular complexity index is 727. The molecule has 0 unspecified atom stereocenters. The SMILES string of the molecule is CNC(=O)Oc1cc(C)c(/N=C/c2ccc(N(C)C)cc2)c(C)c1. The molecule has 0 atom stereocenters. The third-order valence-electron chi connectivity index (χ3n) is 3.63. The van der Waals surface area contributed by atoms with Gasteiger partial charge in [0.25, 0.3) is 0 Å². The molecule has 0 aliphatic rings. The average Bonchev–Trinajstić information content (AvgIpc) is 2.54. The minimum atomic E-state index is -0.481. The Kier molecular flexibility index (Phi) is 5.58. The molecule has 0 saturated carbocycles. The number of hydrogen-bond donors (Lipinski definition) is 1. The van der Waals surface area contributed by atoms with Crippen LogP contribution in [-0.2, 0) is 0 Å². The van der Waals surface area contributed by atoms with Crippen molar-refractivity contribution in [3.63, 3.8) is 0 Å². The molecule has 5 heteroatoms. The van der Waals surface area contributed by atoms with Crippen LogP contribution in [0.5, 0.6) is 5.75 Å². The molecule has 0 aliphatic heterocycles. The number of carbonyl (C=O) groups excluding carboxylic acids is 1. The first-order chi connectivity index (χ1) is 11.4. The van der Waals surface area contributed by atoms with E-state index in [2.05, 4.69) is 27.3 Å². The molecule has 0 heterocycles. The molecule has 0 aromatic heterocycles. The van der Waals surface area contributed by atoms with Gasteiger partial charge in [0.15, 0.2) is 0 Å². The second-order valence-corrected chi connectivity index (χ2v) is 5.79. The number of rotatable bonds is 4. The summed E-state index contributed by atoms with van der Waals surface area (Å²) in [7, 11) is 5.55. The summed E-state index contributed by atoms with van der Waals surface area (Å²) < 4.78 is 5.17. The number of nitrogens with zero attached hydrogens (tertiary/aromatic N) is 2. The average molecular weight is 325 g/mol. The molecule has 0 radical (unpaired) electrons. The number of carbonyl (C=O) groups is 1. The van der Waals surface area contributed by atoms with Crippen molar-refractivity contribution in [1.82, 2.24) is 5.32 Å². The first kappa shape index (κ1) is 17.5. The lowest BCUT2D eigenvalue weighted by atomic mass is 10.1. The summed E-state index contributed by atoms with van der Waals surface area (Å²) in [4.78, 5) is 18.0. The highest BCUT2D eigenvalue weighted by atomic mass is 16.5. The molecule has 0 bridgehead atoms. The molecule has 0 fully saturated rings. The lowest BCUT2D eigenvalue weighted by Crippen LogP contribution is -2.22. The summed E-state index contributed by atoms with van der Waals surface area (Å²) in [5.41, 5.74) is 4.97. The van der Waals surface area contributed by atoms with Crippen LogP contribution < -0.4 is 15.0 Å². The van der Waals surface area contributed by atoms with Crippen LogP contribution in [0.4, 0.5) is 16.2 Å². The van der Waals surface area contributed by atoms with Crippen molar-refractivity contribution in [2.24, 2.45) is 4.99 Å². The Hall–Kier alpha value is -2.82. The van der Waals surface area contributed by atoms with Crippen LogP contribution in [0.2, 0.25) is 0 Å². The largest absolute Gasteiger partial charge is 0.412 e. The van der Waals surface area contributed by atoms with E-state index in [4.69, 9.17) is 4.74 Å². The predicted molar refractivity (Wildman–Crippen MR) is 99.0 cm³/mol. The van der Waals surface area contributed by atoms with E-state index >= 15 is 0 Å². The van der Waals surface area contributed by atoms with E-state index in [1.165, 1.54) is 7.05 Å². The van der Waals surface area contributed by atoms with Gasteiger partial charge in [-0.3, -0.25) is 4.99 Å². The lowest BCUT2D eigenvalue weighted by Gasteiger charge is -2.12. The second-order valence-electron chi connectivity index (χ2n) is 5.79. The van der Waals surface area contributed by atoms with Crippen LogP contribution in [-0.4, -0.2) is 33.5 Å². The zero-order valence-electron chi connectivity index (χ0n) is 14.8. The van der Waals surface area contributed by atoms with Crippen molar-refractivity contribution >= 4 is 23.7 Å². The van der Waals surface area contributed by atoms with Crippen LogP contribution in [0.15, 0.2) is 41.4 Å². The molecule has 0 saturated heterocycles. The highest BCUT2D eigenvalue weighted by Crippen LogP contribution is 2.29. The van der Waals surface area contributed by atoms with Gasteiger partial charge in [0.2, 0.25) is 0 Å². The minimum absolute atomic E-state index is 0.481. The van der Waals surface area contributed by atoms with E-state index in [0.29, 0.717) is 5.75 Å². The third-order valence-corrected chi connectivity index (χ3v) is 3.63. The number of aryl methyl sites for hydroxylation is 2. The van der Waals surface area contributed by atoms with Crippen molar-refractivity contribution in [2.45, 2.75) is 13.8 Å². The minimum Gasteiger partial charge on any atom is -0.410 e. The third kappa shape index (κ3) is 4.35. The molecule has 126 valence electrons. The molecule has 0 spiro atoms. The van der Waals surface area contributed by atoms with Gasteiger partial charge in [-0.25, -0.2) is 4.79 Å². The molecular weight excluding hydrogens is 302 g/mol. The van der Waals surface area contributed by atoms with Crippen molar-refractivity contribution in [2.75, 3.05) is 26.0 Å². The van der Waals surface area contributed by atoms with Gasteiger partial charge in [0.1, 0.15) is 5.75 Å². The predicted octanol–water partition coefficient (Wildman–Crippen LogP) is 3.84. The highest BCUT2D eigenvalue weighted by molar-refractivity contribution is 5.83. The summed E-state index contributed by atoms with van der Waals surface area (Å²) in [6, 6.07) is 11.8. The summed E-state index contributed by atoms with van der Waals surface area (Å²) in [5, 5.41) is 2.43. The van der Waals surface area contributed by atoms with E-state index in [-0.39, 0.29) is 0 Å². The Morgan fingerprint density at radius 1 is 1.12 bits per heavy atom. The molecule has 2 rings (SSSR count). The fourth-order valence-corrected chi connectivity index (χ4v) is 2.33. The molecule has 0 aliphatic carbocycles. The Morgan fingerprint density at radius 3 is 2.21 bits per heavy atom. The molecular formula is C19H23N3O2. The topological polar surface area (TPSA) is 53.9 Å². The Morgan fingerprint density at radius 2 is 1.71 bits per heavy atom. The maximum Gasteiger partial charge on any atom is 0.412 e. The van der Waals surface area contributed by atoms with Crippen LogP contribution in [0.1, 0.15) is 16.7 Å². The van der Waals surface area contributed by atoms with E-state index in [9.17, 15) is 4.79 Å². The maximum absolute atomic E-state index is 11.3. The number of hydrogen-bond acceptors (Lipinski definition) is 4. The van der Waals surface area contributed by atoms with E-state index in [0.717, 1.165) is 28.1 Å². The molecule has 5 nitrogen and oxygen atoms in total. The van der Waals surface area contributed by atoms with Gasteiger partial charge in [-0.2, -0.15) is 0 Å². The molecule has 2 aromatic carbocycles. The first-order valence-corrected chi connectivity index (χ1v) is 7.73. The first-order valence-electron chi connectivity index (χ1n) is 7.73. The fraction of sp³-hybridized carbons (Fsp3) is 0.263. The number of benzene rings is 2. The van der Waals surface area contributed by atoms with Gasteiger partial charge in [0.05, 0.1) is 5.69 Å². The number of aliphatic imine (C=N–C) groups is 1. The van der Waals surface area contributed by atoms with Crippen molar-refractivity contribution in [1.29, 1.82) is 0 Å². The van der Waals surface area contributed by atoms with Gasteiger partial charge in [-0.05, 0) is 54.8 Å². The number of amides is 1. The van der Waals surface area contributed by atoms with Gasteiger partial charge in [-0.15, -0.1) is 0 Å². The highest BCUT2D eigenvalue weighted by Gasteiger charge is 2.07. The van der Waals surface area contributed by atoms with Crippen LogP contribution in [0, 0.1) is 13.8 Å². The Labute approximate surface area is 143 Å². The van der Waals surface area contributed by atoms with Crippen molar-refractivity contribution in [3.05, 3.63) is 53.1 Å². The summed E-state index contributed by atoms with van der Waals surface area (Å²) in [6.45, 7) is 3.90. The summed E-state index contributed by atoms with van der Waals surface area (Å²) in [5.74, 6) is 0.513. The van der Waals surface area contributed by atoms with E-state index in [1.54, 1.807) is 0 Å². The van der Waals surface area contributed by atoms with Crippen LogP contribution in [0.3, 0.4) is 0 Å². The van der Waals surface area contributed by atoms with E-state index in [1.807, 2.05) is 58.4 Å². The maximum atomic E-state index is 11.3. The Balaban J connectivity index is 2.21. The smallest absolute Gasteiger partial charge is 0.410 e.